The van der Waals surface area contributed by atoms with Crippen molar-refractivity contribution in [3.63, 3.8) is 0 Å². The van der Waals surface area contributed by atoms with Crippen LogP contribution in [-0.4, -0.2) is 49.5 Å². The molecule has 1 aromatic carbocycles. The van der Waals surface area contributed by atoms with Crippen LogP contribution in [0.3, 0.4) is 0 Å². The molecule has 0 unspecified atom stereocenters. The minimum atomic E-state index is -3.88. The molecule has 0 saturated carbocycles. The van der Waals surface area contributed by atoms with Crippen LogP contribution in [0, 0.1) is 0 Å². The summed E-state index contributed by atoms with van der Waals surface area (Å²) in [5.41, 5.74) is 0.637. The predicted octanol–water partition coefficient (Wildman–Crippen LogP) is 1.50. The molecule has 1 aliphatic heterocycles. The standard InChI is InChI=1S/C15H21NO4S/c17-13-15(14-5-2-1-3-6-14)7-10-16(11-8-15)9-4-12-21(18,19)20/h1-3,5-6,13H,4,7-12H2,(H,18,19,20). The molecule has 1 saturated heterocycles. The number of nitrogens with zero attached hydrogens (tertiary/aromatic N) is 1. The summed E-state index contributed by atoms with van der Waals surface area (Å²) in [7, 11) is -3.88. The van der Waals surface area contributed by atoms with Gasteiger partial charge in [-0.25, -0.2) is 0 Å². The maximum atomic E-state index is 11.6. The van der Waals surface area contributed by atoms with Gasteiger partial charge in [0.1, 0.15) is 6.29 Å². The highest BCUT2D eigenvalue weighted by atomic mass is 32.2. The van der Waals surface area contributed by atoms with E-state index in [1.54, 1.807) is 0 Å². The molecule has 1 fully saturated rings. The average Bonchev–Trinajstić information content (AvgIpc) is 2.48. The highest BCUT2D eigenvalue weighted by molar-refractivity contribution is 7.85. The summed E-state index contributed by atoms with van der Waals surface area (Å²) in [5, 5.41) is 0. The van der Waals surface area contributed by atoms with E-state index in [1.165, 1.54) is 0 Å². The fourth-order valence-corrected chi connectivity index (χ4v) is 3.38. The lowest BCUT2D eigenvalue weighted by atomic mass is 9.74. The van der Waals surface area contributed by atoms with Gasteiger partial charge in [-0.2, -0.15) is 8.42 Å². The largest absolute Gasteiger partial charge is 0.303 e. The van der Waals surface area contributed by atoms with Gasteiger partial charge in [0.05, 0.1) is 11.2 Å². The zero-order valence-corrected chi connectivity index (χ0v) is 12.8. The highest BCUT2D eigenvalue weighted by Gasteiger charge is 2.35. The lowest BCUT2D eigenvalue weighted by Gasteiger charge is -2.38. The third-order valence-electron chi connectivity index (χ3n) is 4.20. The number of hydrogen-bond donors (Lipinski definition) is 1. The average molecular weight is 311 g/mol. The summed E-state index contributed by atoms with van der Waals surface area (Å²) in [4.78, 5) is 13.8. The van der Waals surface area contributed by atoms with Crippen LogP contribution in [-0.2, 0) is 20.3 Å². The van der Waals surface area contributed by atoms with Gasteiger partial charge in [-0.05, 0) is 44.5 Å². The maximum Gasteiger partial charge on any atom is 0.264 e. The van der Waals surface area contributed by atoms with E-state index in [-0.39, 0.29) is 5.75 Å². The second-order valence-corrected chi connectivity index (χ2v) is 7.19. The fourth-order valence-electron chi connectivity index (χ4n) is 2.89. The molecule has 5 nitrogen and oxygen atoms in total. The molecule has 0 bridgehead atoms. The van der Waals surface area contributed by atoms with Crippen LogP contribution < -0.4 is 0 Å². The van der Waals surface area contributed by atoms with E-state index in [0.29, 0.717) is 13.0 Å². The van der Waals surface area contributed by atoms with Gasteiger partial charge in [0.25, 0.3) is 10.1 Å². The first-order valence-electron chi connectivity index (χ1n) is 7.15. The number of hydrogen-bond acceptors (Lipinski definition) is 4. The summed E-state index contributed by atoms with van der Waals surface area (Å²) in [6.45, 7) is 2.15. The van der Waals surface area contributed by atoms with Crippen LogP contribution >= 0.6 is 0 Å². The molecule has 1 N–H and O–H groups in total. The molecule has 6 heteroatoms. The molecule has 0 aliphatic carbocycles. The van der Waals surface area contributed by atoms with Gasteiger partial charge in [0, 0.05) is 0 Å². The van der Waals surface area contributed by atoms with Gasteiger partial charge >= 0.3 is 0 Å². The van der Waals surface area contributed by atoms with Crippen LogP contribution in [0.15, 0.2) is 30.3 Å². The van der Waals surface area contributed by atoms with E-state index in [1.807, 2.05) is 30.3 Å². The lowest BCUT2D eigenvalue weighted by molar-refractivity contribution is -0.114. The summed E-state index contributed by atoms with van der Waals surface area (Å²) < 4.78 is 30.1. The number of piperidine rings is 1. The van der Waals surface area contributed by atoms with E-state index in [2.05, 4.69) is 4.90 Å². The third-order valence-corrected chi connectivity index (χ3v) is 5.00. The van der Waals surface area contributed by atoms with Crippen molar-refractivity contribution in [1.82, 2.24) is 4.90 Å². The molecule has 116 valence electrons. The lowest BCUT2D eigenvalue weighted by Crippen LogP contribution is -2.44. The number of carbonyl (C=O) groups excluding carboxylic acids is 1. The Labute approximate surface area is 125 Å². The summed E-state index contributed by atoms with van der Waals surface area (Å²) in [5.74, 6) is -0.207. The smallest absolute Gasteiger partial charge is 0.264 e. The van der Waals surface area contributed by atoms with Crippen LogP contribution in [0.2, 0.25) is 0 Å². The molecular formula is C15H21NO4S. The van der Waals surface area contributed by atoms with Crippen molar-refractivity contribution in [2.24, 2.45) is 0 Å². The van der Waals surface area contributed by atoms with E-state index >= 15 is 0 Å². The van der Waals surface area contributed by atoms with Crippen LogP contribution in [0.25, 0.3) is 0 Å². The van der Waals surface area contributed by atoms with Gasteiger partial charge in [-0.1, -0.05) is 30.3 Å². The molecule has 0 aromatic heterocycles. The zero-order chi connectivity index (χ0) is 15.3. The summed E-state index contributed by atoms with van der Waals surface area (Å²) in [6.07, 6.45) is 2.95. The van der Waals surface area contributed by atoms with Crippen molar-refractivity contribution in [1.29, 1.82) is 0 Å². The number of likely N-dealkylation sites (tertiary alicyclic amines) is 1. The van der Waals surface area contributed by atoms with E-state index in [4.69, 9.17) is 4.55 Å². The quantitative estimate of drug-likeness (QED) is 0.636. The van der Waals surface area contributed by atoms with Gasteiger partial charge < -0.3 is 9.69 Å². The molecule has 0 spiro atoms. The van der Waals surface area contributed by atoms with Crippen molar-refractivity contribution in [2.45, 2.75) is 24.7 Å². The van der Waals surface area contributed by atoms with E-state index < -0.39 is 15.5 Å². The predicted molar refractivity (Wildman–Crippen MR) is 80.9 cm³/mol. The second-order valence-electron chi connectivity index (χ2n) is 5.62. The highest BCUT2D eigenvalue weighted by Crippen LogP contribution is 2.33. The zero-order valence-electron chi connectivity index (χ0n) is 11.9. The molecule has 0 radical (unpaired) electrons. The first kappa shape index (κ1) is 16.1. The van der Waals surface area contributed by atoms with Crippen molar-refractivity contribution < 1.29 is 17.8 Å². The molecule has 1 aliphatic rings. The summed E-state index contributed by atoms with van der Waals surface area (Å²) >= 11 is 0. The number of carbonyl (C=O) groups is 1. The Hall–Kier alpha value is -1.24. The van der Waals surface area contributed by atoms with Gasteiger partial charge in [-0.3, -0.25) is 4.55 Å². The summed E-state index contributed by atoms with van der Waals surface area (Å²) in [6, 6.07) is 9.80. The fraction of sp³-hybridized carbons (Fsp3) is 0.533. The molecule has 2 rings (SSSR count). The molecule has 1 aromatic rings. The number of aldehydes is 1. The third kappa shape index (κ3) is 4.36. The molecular weight excluding hydrogens is 290 g/mol. The first-order valence-corrected chi connectivity index (χ1v) is 8.75. The van der Waals surface area contributed by atoms with Crippen LogP contribution in [0.1, 0.15) is 24.8 Å². The first-order chi connectivity index (χ1) is 9.95. The van der Waals surface area contributed by atoms with Crippen molar-refractivity contribution in [3.05, 3.63) is 35.9 Å². The van der Waals surface area contributed by atoms with Crippen LogP contribution in [0.5, 0.6) is 0 Å². The number of rotatable bonds is 6. The normalized spacial score (nSPS) is 19.3. The molecule has 21 heavy (non-hydrogen) atoms. The Balaban J connectivity index is 1.91. The Morgan fingerprint density at radius 1 is 1.19 bits per heavy atom. The Kier molecular flexibility index (Phi) is 5.13. The minimum Gasteiger partial charge on any atom is -0.303 e. The monoisotopic (exact) mass is 311 g/mol. The van der Waals surface area contributed by atoms with Gasteiger partial charge in [-0.15, -0.1) is 0 Å². The van der Waals surface area contributed by atoms with Crippen molar-refractivity contribution >= 4 is 16.4 Å². The Morgan fingerprint density at radius 3 is 2.33 bits per heavy atom. The van der Waals surface area contributed by atoms with E-state index in [0.717, 1.165) is 37.8 Å². The SMILES string of the molecule is O=CC1(c2ccccc2)CCN(CCCS(=O)(=O)O)CC1. The van der Waals surface area contributed by atoms with Gasteiger partial charge in [0.2, 0.25) is 0 Å². The molecule has 1 heterocycles. The Morgan fingerprint density at radius 2 is 1.81 bits per heavy atom. The molecule has 0 atom stereocenters. The maximum absolute atomic E-state index is 11.6. The topological polar surface area (TPSA) is 74.7 Å². The van der Waals surface area contributed by atoms with Crippen molar-refractivity contribution in [3.8, 4) is 0 Å². The number of benzene rings is 1. The Bertz CT molecular complexity index is 563. The second kappa shape index (κ2) is 6.68. The van der Waals surface area contributed by atoms with E-state index in [9.17, 15) is 13.2 Å². The minimum absolute atomic E-state index is 0.207. The molecule has 0 amide bonds. The van der Waals surface area contributed by atoms with Gasteiger partial charge in [0.15, 0.2) is 0 Å². The van der Waals surface area contributed by atoms with Crippen molar-refractivity contribution in [2.75, 3.05) is 25.4 Å². The van der Waals surface area contributed by atoms with Crippen LogP contribution in [0.4, 0.5) is 0 Å².